The van der Waals surface area contributed by atoms with Crippen LogP contribution >= 0.6 is 0 Å². The van der Waals surface area contributed by atoms with Crippen LogP contribution in [-0.2, 0) is 5.41 Å². The third kappa shape index (κ3) is 1.19. The zero-order valence-electron chi connectivity index (χ0n) is 8.99. The number of hydrogen-bond donors (Lipinski definition) is 1. The van der Waals surface area contributed by atoms with Crippen molar-refractivity contribution in [1.29, 1.82) is 0 Å². The SMILES string of the molecule is COc1cc(C2(C3(N)CC3)CC2)ccn1. The summed E-state index contributed by atoms with van der Waals surface area (Å²) in [5.41, 5.74) is 7.97. The quantitative estimate of drug-likeness (QED) is 0.813. The van der Waals surface area contributed by atoms with Crippen LogP contribution in [0.15, 0.2) is 18.3 Å². The molecule has 3 nitrogen and oxygen atoms in total. The van der Waals surface area contributed by atoms with Gasteiger partial charge in [0.15, 0.2) is 0 Å². The van der Waals surface area contributed by atoms with E-state index in [9.17, 15) is 0 Å². The van der Waals surface area contributed by atoms with E-state index in [1.165, 1.54) is 18.4 Å². The highest BCUT2D eigenvalue weighted by Crippen LogP contribution is 2.63. The molecule has 3 rings (SSSR count). The number of hydrogen-bond acceptors (Lipinski definition) is 3. The van der Waals surface area contributed by atoms with Gasteiger partial charge >= 0.3 is 0 Å². The summed E-state index contributed by atoms with van der Waals surface area (Å²) in [6.07, 6.45) is 6.59. The summed E-state index contributed by atoms with van der Waals surface area (Å²) in [4.78, 5) is 4.14. The molecule has 0 bridgehead atoms. The molecule has 0 radical (unpaired) electrons. The molecule has 1 aromatic rings. The Labute approximate surface area is 89.6 Å². The van der Waals surface area contributed by atoms with Crippen LogP contribution in [0.4, 0.5) is 0 Å². The van der Waals surface area contributed by atoms with Gasteiger partial charge in [0.2, 0.25) is 5.88 Å². The van der Waals surface area contributed by atoms with Gasteiger partial charge in [0.1, 0.15) is 0 Å². The molecule has 0 saturated heterocycles. The highest BCUT2D eigenvalue weighted by molar-refractivity contribution is 5.41. The highest BCUT2D eigenvalue weighted by Gasteiger charge is 2.64. The van der Waals surface area contributed by atoms with Crippen molar-refractivity contribution in [2.24, 2.45) is 5.73 Å². The van der Waals surface area contributed by atoms with Crippen LogP contribution in [0, 0.1) is 0 Å². The highest BCUT2D eigenvalue weighted by atomic mass is 16.5. The maximum absolute atomic E-state index is 6.35. The first-order valence-electron chi connectivity index (χ1n) is 5.50. The summed E-state index contributed by atoms with van der Waals surface area (Å²) in [5.74, 6) is 0.697. The number of aromatic nitrogens is 1. The number of methoxy groups -OCH3 is 1. The molecule has 1 aromatic heterocycles. The molecule has 2 aliphatic carbocycles. The maximum Gasteiger partial charge on any atom is 0.213 e. The standard InChI is InChI=1S/C12H16N2O/c1-15-10-8-9(2-7-14-10)11(3-4-11)12(13)5-6-12/h2,7-8H,3-6,13H2,1H3. The average molecular weight is 204 g/mol. The van der Waals surface area contributed by atoms with E-state index in [2.05, 4.69) is 11.1 Å². The van der Waals surface area contributed by atoms with Crippen LogP contribution in [0.25, 0.3) is 0 Å². The lowest BCUT2D eigenvalue weighted by molar-refractivity contribution is 0.395. The molecule has 0 spiro atoms. The molecule has 0 amide bonds. The van der Waals surface area contributed by atoms with Crippen molar-refractivity contribution in [3.8, 4) is 5.88 Å². The minimum Gasteiger partial charge on any atom is -0.481 e. The zero-order valence-corrected chi connectivity index (χ0v) is 8.99. The van der Waals surface area contributed by atoms with Gasteiger partial charge in [-0.1, -0.05) is 0 Å². The lowest BCUT2D eigenvalue weighted by Crippen LogP contribution is -2.37. The van der Waals surface area contributed by atoms with Crippen LogP contribution in [0.3, 0.4) is 0 Å². The van der Waals surface area contributed by atoms with E-state index in [0.29, 0.717) is 5.88 Å². The predicted molar refractivity (Wildman–Crippen MR) is 57.9 cm³/mol. The van der Waals surface area contributed by atoms with Crippen molar-refractivity contribution in [3.63, 3.8) is 0 Å². The van der Waals surface area contributed by atoms with Crippen LogP contribution < -0.4 is 10.5 Å². The monoisotopic (exact) mass is 204 g/mol. The molecule has 2 saturated carbocycles. The summed E-state index contributed by atoms with van der Waals surface area (Å²) in [6.45, 7) is 0. The van der Waals surface area contributed by atoms with Crippen LogP contribution in [0.5, 0.6) is 5.88 Å². The largest absolute Gasteiger partial charge is 0.481 e. The Bertz CT molecular complexity index is 394. The van der Waals surface area contributed by atoms with Crippen molar-refractivity contribution in [3.05, 3.63) is 23.9 Å². The number of nitrogens with two attached hydrogens (primary N) is 1. The minimum absolute atomic E-state index is 0.0688. The second-order valence-corrected chi connectivity index (χ2v) is 4.83. The van der Waals surface area contributed by atoms with Crippen molar-refractivity contribution in [2.45, 2.75) is 36.6 Å². The van der Waals surface area contributed by atoms with Gasteiger partial charge in [0, 0.05) is 23.2 Å². The molecule has 2 N–H and O–H groups in total. The number of pyridine rings is 1. The van der Waals surface area contributed by atoms with Crippen LogP contribution in [-0.4, -0.2) is 17.6 Å². The third-order valence-corrected chi connectivity index (χ3v) is 3.99. The molecular formula is C12H16N2O. The van der Waals surface area contributed by atoms with E-state index in [0.717, 1.165) is 12.8 Å². The van der Waals surface area contributed by atoms with E-state index in [1.807, 2.05) is 12.3 Å². The normalized spacial score (nSPS) is 24.7. The Morgan fingerprint density at radius 1 is 1.33 bits per heavy atom. The lowest BCUT2D eigenvalue weighted by Gasteiger charge is -2.23. The first-order chi connectivity index (χ1) is 7.20. The number of nitrogens with zero attached hydrogens (tertiary/aromatic N) is 1. The van der Waals surface area contributed by atoms with Crippen molar-refractivity contribution in [2.75, 3.05) is 7.11 Å². The lowest BCUT2D eigenvalue weighted by atomic mass is 9.87. The van der Waals surface area contributed by atoms with Crippen molar-refractivity contribution in [1.82, 2.24) is 4.98 Å². The van der Waals surface area contributed by atoms with E-state index in [1.54, 1.807) is 7.11 Å². The molecule has 3 heteroatoms. The number of rotatable bonds is 3. The van der Waals surface area contributed by atoms with Gasteiger partial charge in [-0.3, -0.25) is 0 Å². The topological polar surface area (TPSA) is 48.1 Å². The Morgan fingerprint density at radius 2 is 2.07 bits per heavy atom. The minimum atomic E-state index is 0.0688. The summed E-state index contributed by atoms with van der Waals surface area (Å²) >= 11 is 0. The predicted octanol–water partition coefficient (Wildman–Crippen LogP) is 1.61. The van der Waals surface area contributed by atoms with E-state index >= 15 is 0 Å². The van der Waals surface area contributed by atoms with E-state index in [-0.39, 0.29) is 11.0 Å². The second-order valence-electron chi connectivity index (χ2n) is 4.83. The van der Waals surface area contributed by atoms with Gasteiger partial charge in [0.25, 0.3) is 0 Å². The number of ether oxygens (including phenoxy) is 1. The van der Waals surface area contributed by atoms with Gasteiger partial charge in [0.05, 0.1) is 7.11 Å². The Morgan fingerprint density at radius 3 is 2.60 bits per heavy atom. The van der Waals surface area contributed by atoms with Gasteiger partial charge in [-0.25, -0.2) is 4.98 Å². The fraction of sp³-hybridized carbons (Fsp3) is 0.583. The first kappa shape index (κ1) is 9.16. The summed E-state index contributed by atoms with van der Waals surface area (Å²) in [7, 11) is 1.65. The third-order valence-electron chi connectivity index (χ3n) is 3.99. The van der Waals surface area contributed by atoms with Gasteiger partial charge in [-0.15, -0.1) is 0 Å². The molecule has 15 heavy (non-hydrogen) atoms. The van der Waals surface area contributed by atoms with E-state index in [4.69, 9.17) is 10.5 Å². The van der Waals surface area contributed by atoms with Gasteiger partial charge < -0.3 is 10.5 Å². The van der Waals surface area contributed by atoms with Crippen molar-refractivity contribution < 1.29 is 4.74 Å². The first-order valence-corrected chi connectivity index (χ1v) is 5.50. The summed E-state index contributed by atoms with van der Waals surface area (Å²) in [6, 6.07) is 4.13. The zero-order chi connectivity index (χ0) is 10.5. The molecule has 1 heterocycles. The average Bonchev–Trinajstić information content (AvgIpc) is 3.13. The molecule has 80 valence electrons. The Hall–Kier alpha value is -1.09. The molecular weight excluding hydrogens is 188 g/mol. The Kier molecular flexibility index (Phi) is 1.67. The van der Waals surface area contributed by atoms with Gasteiger partial charge in [-0.05, 0) is 37.3 Å². The second kappa shape index (κ2) is 2.73. The van der Waals surface area contributed by atoms with E-state index < -0.39 is 0 Å². The molecule has 2 fully saturated rings. The fourth-order valence-electron chi connectivity index (χ4n) is 2.63. The molecule has 0 unspecified atom stereocenters. The maximum atomic E-state index is 6.35. The van der Waals surface area contributed by atoms with Crippen LogP contribution in [0.2, 0.25) is 0 Å². The molecule has 0 aromatic carbocycles. The Balaban J connectivity index is 1.98. The summed E-state index contributed by atoms with van der Waals surface area (Å²) in [5, 5.41) is 0. The van der Waals surface area contributed by atoms with Crippen LogP contribution in [0.1, 0.15) is 31.2 Å². The van der Waals surface area contributed by atoms with Gasteiger partial charge in [-0.2, -0.15) is 0 Å². The fourth-order valence-corrected chi connectivity index (χ4v) is 2.63. The molecule has 0 atom stereocenters. The smallest absolute Gasteiger partial charge is 0.213 e. The molecule has 0 aliphatic heterocycles. The molecule has 2 aliphatic rings. The van der Waals surface area contributed by atoms with Crippen molar-refractivity contribution >= 4 is 0 Å². The summed E-state index contributed by atoms with van der Waals surface area (Å²) < 4.78 is 5.16.